The Balaban J connectivity index is 1.17. The fourth-order valence-corrected chi connectivity index (χ4v) is 6.27. The van der Waals surface area contributed by atoms with Crippen molar-refractivity contribution in [2.45, 2.75) is 38.1 Å². The number of carbonyl (C=O) groups is 2. The summed E-state index contributed by atoms with van der Waals surface area (Å²) in [5.41, 5.74) is 0.606. The number of ether oxygens (including phenoxy) is 1. The number of hydrogen-bond donors (Lipinski definition) is 1. The van der Waals surface area contributed by atoms with Gasteiger partial charge in [0.1, 0.15) is 22.9 Å². The Labute approximate surface area is 217 Å². The second-order valence-corrected chi connectivity index (χ2v) is 10.7. The maximum atomic E-state index is 14.5. The molecule has 37 heavy (non-hydrogen) atoms. The van der Waals surface area contributed by atoms with E-state index in [1.54, 1.807) is 4.90 Å². The summed E-state index contributed by atoms with van der Waals surface area (Å²) >= 11 is 0. The Morgan fingerprint density at radius 3 is 2.22 bits per heavy atom. The highest BCUT2D eigenvalue weighted by molar-refractivity contribution is 5.95. The van der Waals surface area contributed by atoms with E-state index in [0.717, 1.165) is 69.4 Å². The number of nitrogens with one attached hydrogen (secondary N) is 1. The molecule has 6 nitrogen and oxygen atoms in total. The quantitative estimate of drug-likeness (QED) is 0.570. The van der Waals surface area contributed by atoms with E-state index in [1.807, 2.05) is 18.2 Å². The molecule has 2 saturated heterocycles. The molecule has 5 rings (SSSR count). The molecule has 2 aromatic carbocycles. The van der Waals surface area contributed by atoms with Gasteiger partial charge in [0.25, 0.3) is 5.91 Å². The molecule has 2 heterocycles. The highest BCUT2D eigenvalue weighted by atomic mass is 19.1. The first-order valence-corrected chi connectivity index (χ1v) is 13.3. The Hall–Kier alpha value is -3.00. The SMILES string of the molecule is COc1cc(F)c(C(=O)N2CC3CN(CC[C@H](NC(=O)C4CCCC4)c4ccccc4)CC3C2)c(F)c1. The number of likely N-dealkylation sites (tertiary alicyclic amines) is 2. The van der Waals surface area contributed by atoms with Crippen molar-refractivity contribution in [2.24, 2.45) is 17.8 Å². The van der Waals surface area contributed by atoms with Gasteiger partial charge in [0, 0.05) is 50.8 Å². The molecule has 2 amide bonds. The molecule has 2 aromatic rings. The molecule has 3 aliphatic rings. The van der Waals surface area contributed by atoms with Crippen molar-refractivity contribution in [3.8, 4) is 5.75 Å². The van der Waals surface area contributed by atoms with Gasteiger partial charge in [-0.15, -0.1) is 0 Å². The van der Waals surface area contributed by atoms with Gasteiger partial charge in [-0.3, -0.25) is 9.59 Å². The third-order valence-electron chi connectivity index (χ3n) is 8.29. The lowest BCUT2D eigenvalue weighted by atomic mass is 10.0. The molecule has 0 radical (unpaired) electrons. The maximum Gasteiger partial charge on any atom is 0.259 e. The number of fused-ring (bicyclic) bond motifs is 1. The standard InChI is InChI=1S/C29H35F2N3O3/c1-37-23-13-24(30)27(25(31)14-23)29(36)34-17-21-15-33(16-22(21)18-34)12-11-26(19-7-3-2-4-8-19)32-28(35)20-9-5-6-10-20/h2-4,7-8,13-14,20-22,26H,5-6,9-12,15-18H2,1H3,(H,32,35)/t21?,22?,26-/m0/s1. The van der Waals surface area contributed by atoms with Gasteiger partial charge in [-0.25, -0.2) is 8.78 Å². The van der Waals surface area contributed by atoms with Crippen LogP contribution >= 0.6 is 0 Å². The summed E-state index contributed by atoms with van der Waals surface area (Å²) in [5.74, 6) is -1.50. The number of hydrogen-bond acceptors (Lipinski definition) is 4. The van der Waals surface area contributed by atoms with E-state index < -0.39 is 23.1 Å². The number of methoxy groups -OCH3 is 1. The van der Waals surface area contributed by atoms with Crippen LogP contribution in [0.25, 0.3) is 0 Å². The predicted octanol–water partition coefficient (Wildman–Crippen LogP) is 4.42. The molecular weight excluding hydrogens is 476 g/mol. The second kappa shape index (κ2) is 11.2. The third kappa shape index (κ3) is 5.64. The van der Waals surface area contributed by atoms with Crippen molar-refractivity contribution in [3.63, 3.8) is 0 Å². The van der Waals surface area contributed by atoms with Crippen molar-refractivity contribution in [1.29, 1.82) is 0 Å². The Bertz CT molecular complexity index is 1090. The minimum absolute atomic E-state index is 0.0335. The summed E-state index contributed by atoms with van der Waals surface area (Å²) < 4.78 is 33.8. The topological polar surface area (TPSA) is 61.9 Å². The average molecular weight is 512 g/mol. The lowest BCUT2D eigenvalue weighted by molar-refractivity contribution is -0.125. The Morgan fingerprint density at radius 1 is 1.00 bits per heavy atom. The van der Waals surface area contributed by atoms with Crippen LogP contribution in [0.5, 0.6) is 5.75 Å². The van der Waals surface area contributed by atoms with Crippen LogP contribution in [0.2, 0.25) is 0 Å². The number of nitrogens with zero attached hydrogens (tertiary/aromatic N) is 2. The molecule has 3 atom stereocenters. The lowest BCUT2D eigenvalue weighted by Gasteiger charge is -2.26. The second-order valence-electron chi connectivity index (χ2n) is 10.7. The van der Waals surface area contributed by atoms with Crippen LogP contribution in [-0.4, -0.2) is 61.4 Å². The highest BCUT2D eigenvalue weighted by Crippen LogP contribution is 2.34. The van der Waals surface area contributed by atoms with Crippen LogP contribution < -0.4 is 10.1 Å². The molecule has 2 unspecified atom stereocenters. The van der Waals surface area contributed by atoms with E-state index in [0.29, 0.717) is 13.1 Å². The van der Waals surface area contributed by atoms with Gasteiger partial charge < -0.3 is 19.9 Å². The zero-order valence-electron chi connectivity index (χ0n) is 21.3. The van der Waals surface area contributed by atoms with Crippen LogP contribution in [0.3, 0.4) is 0 Å². The molecule has 198 valence electrons. The van der Waals surface area contributed by atoms with Crippen LogP contribution in [0, 0.1) is 29.4 Å². The monoisotopic (exact) mass is 511 g/mol. The van der Waals surface area contributed by atoms with E-state index in [1.165, 1.54) is 7.11 Å². The van der Waals surface area contributed by atoms with Gasteiger partial charge in [-0.2, -0.15) is 0 Å². The molecule has 0 spiro atoms. The van der Waals surface area contributed by atoms with E-state index in [9.17, 15) is 18.4 Å². The smallest absolute Gasteiger partial charge is 0.259 e. The van der Waals surface area contributed by atoms with Crippen LogP contribution in [0.15, 0.2) is 42.5 Å². The van der Waals surface area contributed by atoms with E-state index in [-0.39, 0.29) is 35.5 Å². The summed E-state index contributed by atoms with van der Waals surface area (Å²) in [6.45, 7) is 3.49. The number of benzene rings is 2. The molecule has 0 aromatic heterocycles. The average Bonchev–Trinajstić information content (AvgIpc) is 3.63. The molecule has 0 bridgehead atoms. The van der Waals surface area contributed by atoms with E-state index in [4.69, 9.17) is 4.74 Å². The highest BCUT2D eigenvalue weighted by Gasteiger charge is 2.42. The number of halogens is 2. The maximum absolute atomic E-state index is 14.5. The molecule has 3 fully saturated rings. The van der Waals surface area contributed by atoms with Crippen LogP contribution in [0.1, 0.15) is 54.1 Å². The van der Waals surface area contributed by atoms with Gasteiger partial charge >= 0.3 is 0 Å². The minimum Gasteiger partial charge on any atom is -0.497 e. The van der Waals surface area contributed by atoms with Crippen molar-refractivity contribution < 1.29 is 23.1 Å². The molecule has 1 aliphatic carbocycles. The van der Waals surface area contributed by atoms with Gasteiger partial charge in [0.05, 0.1) is 13.2 Å². The van der Waals surface area contributed by atoms with Gasteiger partial charge in [0.2, 0.25) is 5.91 Å². The van der Waals surface area contributed by atoms with Gasteiger partial charge in [-0.05, 0) is 36.7 Å². The van der Waals surface area contributed by atoms with Gasteiger partial charge in [-0.1, -0.05) is 43.2 Å². The number of rotatable bonds is 8. The predicted molar refractivity (Wildman–Crippen MR) is 136 cm³/mol. The Morgan fingerprint density at radius 2 is 1.62 bits per heavy atom. The largest absolute Gasteiger partial charge is 0.497 e. The molecule has 1 saturated carbocycles. The summed E-state index contributed by atoms with van der Waals surface area (Å²) in [5, 5.41) is 3.31. The Kier molecular flexibility index (Phi) is 7.74. The van der Waals surface area contributed by atoms with Crippen molar-refractivity contribution in [3.05, 3.63) is 65.2 Å². The van der Waals surface area contributed by atoms with Gasteiger partial charge in [0.15, 0.2) is 0 Å². The molecular formula is C29H35F2N3O3. The first-order valence-electron chi connectivity index (χ1n) is 13.3. The van der Waals surface area contributed by atoms with E-state index in [2.05, 4.69) is 22.3 Å². The van der Waals surface area contributed by atoms with Crippen LogP contribution in [0.4, 0.5) is 8.78 Å². The first-order chi connectivity index (χ1) is 17.9. The fourth-order valence-electron chi connectivity index (χ4n) is 6.27. The lowest BCUT2D eigenvalue weighted by Crippen LogP contribution is -2.37. The van der Waals surface area contributed by atoms with Crippen molar-refractivity contribution in [2.75, 3.05) is 39.8 Å². The normalized spacial score (nSPS) is 22.7. The summed E-state index contributed by atoms with van der Waals surface area (Å²) in [4.78, 5) is 29.8. The molecule has 8 heteroatoms. The molecule has 2 aliphatic heterocycles. The van der Waals surface area contributed by atoms with E-state index >= 15 is 0 Å². The van der Waals surface area contributed by atoms with Crippen molar-refractivity contribution >= 4 is 11.8 Å². The summed E-state index contributed by atoms with van der Waals surface area (Å²) in [7, 11) is 1.33. The first kappa shape index (κ1) is 25.6. The number of amides is 2. The fraction of sp³-hybridized carbons (Fsp3) is 0.517. The summed E-state index contributed by atoms with van der Waals surface area (Å²) in [6, 6.07) is 12.2. The zero-order valence-corrected chi connectivity index (χ0v) is 21.3. The zero-order chi connectivity index (χ0) is 25.9. The third-order valence-corrected chi connectivity index (χ3v) is 8.29. The van der Waals surface area contributed by atoms with Crippen molar-refractivity contribution in [1.82, 2.24) is 15.1 Å². The minimum atomic E-state index is -0.896. The summed E-state index contributed by atoms with van der Waals surface area (Å²) in [6.07, 6.45) is 5.02. The van der Waals surface area contributed by atoms with Crippen LogP contribution in [-0.2, 0) is 4.79 Å². The number of carbonyl (C=O) groups excluding carboxylic acids is 2. The molecule has 1 N–H and O–H groups in total.